The summed E-state index contributed by atoms with van der Waals surface area (Å²) in [6.45, 7) is 5.45. The van der Waals surface area contributed by atoms with E-state index in [1.54, 1.807) is 61.3 Å². The van der Waals surface area contributed by atoms with Gasteiger partial charge >= 0.3 is 0 Å². The fourth-order valence-electron chi connectivity index (χ4n) is 3.10. The molecule has 1 amide bonds. The van der Waals surface area contributed by atoms with Gasteiger partial charge in [-0.3, -0.25) is 9.52 Å². The lowest BCUT2D eigenvalue weighted by molar-refractivity contribution is -0.121. The first-order valence-corrected chi connectivity index (χ1v) is 9.14. The van der Waals surface area contributed by atoms with Gasteiger partial charge in [0.1, 0.15) is 0 Å². The lowest BCUT2D eigenvalue weighted by atomic mass is 9.86. The molecule has 1 heterocycles. The maximum Gasteiger partial charge on any atom is 0.262 e. The molecule has 2 aromatic carbocycles. The Balaban J connectivity index is 2.01. The fraction of sp³-hybridized carbons (Fsp3) is 0.278. The number of carbonyl (C=O) groups is 1. The van der Waals surface area contributed by atoms with E-state index in [-0.39, 0.29) is 10.8 Å². The van der Waals surface area contributed by atoms with Gasteiger partial charge in [-0.05, 0) is 56.2 Å². The van der Waals surface area contributed by atoms with Crippen molar-refractivity contribution in [2.75, 3.05) is 16.7 Å². The molecule has 0 aromatic heterocycles. The minimum Gasteiger partial charge on any atom is -0.314 e. The average molecular weight is 344 g/mol. The molecule has 0 aliphatic carbocycles. The number of nitrogens with one attached hydrogen (secondary N) is 1. The molecular formula is C18H20N2O3S. The van der Waals surface area contributed by atoms with Crippen molar-refractivity contribution in [1.29, 1.82) is 0 Å². The zero-order chi connectivity index (χ0) is 17.7. The Morgan fingerprint density at radius 3 is 2.42 bits per heavy atom. The van der Waals surface area contributed by atoms with E-state index in [0.29, 0.717) is 11.3 Å². The smallest absolute Gasteiger partial charge is 0.262 e. The van der Waals surface area contributed by atoms with Crippen molar-refractivity contribution in [2.45, 2.75) is 31.1 Å². The van der Waals surface area contributed by atoms with Gasteiger partial charge in [-0.1, -0.05) is 18.2 Å². The van der Waals surface area contributed by atoms with Crippen LogP contribution in [0.15, 0.2) is 47.4 Å². The van der Waals surface area contributed by atoms with E-state index in [2.05, 4.69) is 4.72 Å². The predicted molar refractivity (Wildman–Crippen MR) is 94.9 cm³/mol. The lowest BCUT2D eigenvalue weighted by Gasteiger charge is -2.17. The Kier molecular flexibility index (Phi) is 3.68. The number of anilines is 2. The van der Waals surface area contributed by atoms with Gasteiger partial charge in [0.05, 0.1) is 10.3 Å². The molecular weight excluding hydrogens is 324 g/mol. The first-order chi connectivity index (χ1) is 11.1. The van der Waals surface area contributed by atoms with E-state index in [9.17, 15) is 13.2 Å². The summed E-state index contributed by atoms with van der Waals surface area (Å²) in [6, 6.07) is 12.0. The van der Waals surface area contributed by atoms with Gasteiger partial charge in [-0.25, -0.2) is 8.42 Å². The molecule has 0 saturated heterocycles. The Hall–Kier alpha value is -2.34. The monoisotopic (exact) mass is 344 g/mol. The number of likely N-dealkylation sites (N-methyl/N-ethyl adjacent to an activating group) is 1. The molecule has 0 bridgehead atoms. The number of hydrogen-bond acceptors (Lipinski definition) is 3. The van der Waals surface area contributed by atoms with Crippen molar-refractivity contribution in [3.8, 4) is 0 Å². The molecule has 0 spiro atoms. The summed E-state index contributed by atoms with van der Waals surface area (Å²) in [5, 5.41) is 0. The number of carbonyl (C=O) groups excluding carboxylic acids is 1. The van der Waals surface area contributed by atoms with Gasteiger partial charge < -0.3 is 4.90 Å². The molecule has 0 saturated carbocycles. The number of aryl methyl sites for hydroxylation is 1. The van der Waals surface area contributed by atoms with Gasteiger partial charge in [-0.15, -0.1) is 0 Å². The Labute approximate surface area is 142 Å². The highest BCUT2D eigenvalue weighted by Gasteiger charge is 2.42. The minimum absolute atomic E-state index is 0.00332. The molecule has 24 heavy (non-hydrogen) atoms. The van der Waals surface area contributed by atoms with Crippen LogP contribution < -0.4 is 9.62 Å². The van der Waals surface area contributed by atoms with Crippen LogP contribution in [0.2, 0.25) is 0 Å². The van der Waals surface area contributed by atoms with E-state index in [1.807, 2.05) is 13.8 Å². The first kappa shape index (κ1) is 16.5. The van der Waals surface area contributed by atoms with Crippen LogP contribution in [-0.4, -0.2) is 21.4 Å². The second-order valence-corrected chi connectivity index (χ2v) is 8.24. The molecule has 2 aromatic rings. The summed E-state index contributed by atoms with van der Waals surface area (Å²) in [6.07, 6.45) is 0. The van der Waals surface area contributed by atoms with E-state index in [4.69, 9.17) is 0 Å². The summed E-state index contributed by atoms with van der Waals surface area (Å²) in [7, 11) is -1.95. The summed E-state index contributed by atoms with van der Waals surface area (Å²) < 4.78 is 27.9. The summed E-state index contributed by atoms with van der Waals surface area (Å²) in [5.74, 6) is -0.00332. The van der Waals surface area contributed by atoms with E-state index in [0.717, 1.165) is 11.3 Å². The van der Waals surface area contributed by atoms with Crippen LogP contribution in [0.3, 0.4) is 0 Å². The number of hydrogen-bond donors (Lipinski definition) is 1. The Morgan fingerprint density at radius 2 is 1.75 bits per heavy atom. The standard InChI is InChI=1S/C18H20N2O3S/c1-12-7-5-6-8-16(12)24(22,23)19-13-9-10-15-14(11-13)18(2,3)17(21)20(15)4/h5-11,19H,1-4H3. The van der Waals surface area contributed by atoms with Crippen LogP contribution in [0, 0.1) is 6.92 Å². The maximum atomic E-state index is 12.6. The quantitative estimate of drug-likeness (QED) is 0.930. The molecule has 0 unspecified atom stereocenters. The van der Waals surface area contributed by atoms with Gasteiger partial charge in [0.15, 0.2) is 0 Å². The third kappa shape index (κ3) is 2.47. The van der Waals surface area contributed by atoms with Gasteiger partial charge in [-0.2, -0.15) is 0 Å². The Bertz CT molecular complexity index is 933. The summed E-state index contributed by atoms with van der Waals surface area (Å²) in [4.78, 5) is 14.2. The first-order valence-electron chi connectivity index (χ1n) is 7.66. The number of sulfonamides is 1. The molecule has 0 atom stereocenters. The zero-order valence-electron chi connectivity index (χ0n) is 14.1. The molecule has 1 aliphatic heterocycles. The van der Waals surface area contributed by atoms with Gasteiger partial charge in [0.25, 0.3) is 10.0 Å². The van der Waals surface area contributed by atoms with Crippen molar-refractivity contribution in [3.63, 3.8) is 0 Å². The highest BCUT2D eigenvalue weighted by atomic mass is 32.2. The average Bonchev–Trinajstić information content (AvgIpc) is 2.68. The minimum atomic E-state index is -3.67. The number of rotatable bonds is 3. The molecule has 3 rings (SSSR count). The van der Waals surface area contributed by atoms with Crippen molar-refractivity contribution in [1.82, 2.24) is 0 Å². The second kappa shape index (κ2) is 5.34. The normalized spacial score (nSPS) is 16.2. The number of benzene rings is 2. The molecule has 1 N–H and O–H groups in total. The van der Waals surface area contributed by atoms with Crippen LogP contribution in [0.25, 0.3) is 0 Å². The number of amides is 1. The van der Waals surface area contributed by atoms with Crippen molar-refractivity contribution in [2.24, 2.45) is 0 Å². The van der Waals surface area contributed by atoms with Crippen molar-refractivity contribution < 1.29 is 13.2 Å². The van der Waals surface area contributed by atoms with Gasteiger partial charge in [0.2, 0.25) is 5.91 Å². The molecule has 0 fully saturated rings. The van der Waals surface area contributed by atoms with Crippen LogP contribution in [-0.2, 0) is 20.2 Å². The molecule has 126 valence electrons. The SMILES string of the molecule is Cc1ccccc1S(=O)(=O)Nc1ccc2c(c1)C(C)(C)C(=O)N2C. The van der Waals surface area contributed by atoms with Crippen LogP contribution in [0.4, 0.5) is 11.4 Å². The largest absolute Gasteiger partial charge is 0.314 e. The Morgan fingerprint density at radius 1 is 1.08 bits per heavy atom. The van der Waals surface area contributed by atoms with E-state index < -0.39 is 15.4 Å². The molecule has 0 radical (unpaired) electrons. The van der Waals surface area contributed by atoms with Gasteiger partial charge in [0, 0.05) is 18.4 Å². The van der Waals surface area contributed by atoms with Crippen LogP contribution in [0.5, 0.6) is 0 Å². The van der Waals surface area contributed by atoms with Crippen LogP contribution >= 0.6 is 0 Å². The fourth-order valence-corrected chi connectivity index (χ4v) is 4.40. The third-order valence-corrected chi connectivity index (χ3v) is 6.05. The van der Waals surface area contributed by atoms with Crippen molar-refractivity contribution >= 4 is 27.3 Å². The highest BCUT2D eigenvalue weighted by molar-refractivity contribution is 7.92. The summed E-state index contributed by atoms with van der Waals surface area (Å²) >= 11 is 0. The van der Waals surface area contributed by atoms with E-state index in [1.165, 1.54) is 0 Å². The zero-order valence-corrected chi connectivity index (χ0v) is 14.9. The molecule has 5 nitrogen and oxygen atoms in total. The highest BCUT2D eigenvalue weighted by Crippen LogP contribution is 2.42. The summed E-state index contributed by atoms with van der Waals surface area (Å²) in [5.41, 5.74) is 2.09. The van der Waals surface area contributed by atoms with E-state index >= 15 is 0 Å². The topological polar surface area (TPSA) is 66.5 Å². The van der Waals surface area contributed by atoms with Crippen LogP contribution in [0.1, 0.15) is 25.0 Å². The number of nitrogens with zero attached hydrogens (tertiary/aromatic N) is 1. The maximum absolute atomic E-state index is 12.6. The lowest BCUT2D eigenvalue weighted by Crippen LogP contribution is -2.33. The third-order valence-electron chi connectivity index (χ3n) is 4.51. The predicted octanol–water partition coefficient (Wildman–Crippen LogP) is 3.05. The molecule has 6 heteroatoms. The second-order valence-electron chi connectivity index (χ2n) is 6.59. The number of fused-ring (bicyclic) bond motifs is 1. The molecule has 1 aliphatic rings. The van der Waals surface area contributed by atoms with Crippen molar-refractivity contribution in [3.05, 3.63) is 53.6 Å².